The lowest BCUT2D eigenvalue weighted by Gasteiger charge is -2.08. The maximum atomic E-state index is 13.1. The number of carbonyl (C=O) groups is 1. The van der Waals surface area contributed by atoms with Gasteiger partial charge in [0.05, 0.1) is 0 Å². The molecule has 0 aliphatic heterocycles. The first-order valence-corrected chi connectivity index (χ1v) is 5.84. The van der Waals surface area contributed by atoms with Crippen LogP contribution in [0.15, 0.2) is 36.5 Å². The summed E-state index contributed by atoms with van der Waals surface area (Å²) in [6.07, 6.45) is 1.85. The Morgan fingerprint density at radius 1 is 1.39 bits per heavy atom. The number of carbonyl (C=O) groups excluding carboxylic acids is 1. The highest BCUT2D eigenvalue weighted by Gasteiger charge is 2.10. The molecule has 0 aliphatic carbocycles. The summed E-state index contributed by atoms with van der Waals surface area (Å²) in [5, 5.41) is 2.76. The van der Waals surface area contributed by atoms with Crippen LogP contribution in [0.2, 0.25) is 0 Å². The summed E-state index contributed by atoms with van der Waals surface area (Å²) in [5.41, 5.74) is 1.71. The minimum Gasteiger partial charge on any atom is -0.344 e. The lowest BCUT2D eigenvalue weighted by molar-refractivity contribution is 0.101. The quantitative estimate of drug-likeness (QED) is 0.886. The smallest absolute Gasteiger partial charge is 0.272 e. The molecule has 1 amide bonds. The minimum atomic E-state index is -0.273. The number of amides is 1. The van der Waals surface area contributed by atoms with Crippen LogP contribution >= 0.6 is 0 Å². The maximum Gasteiger partial charge on any atom is 0.272 e. The van der Waals surface area contributed by atoms with Crippen LogP contribution in [0.25, 0.3) is 0 Å². The van der Waals surface area contributed by atoms with Gasteiger partial charge in [0.15, 0.2) is 0 Å². The van der Waals surface area contributed by atoms with E-state index in [0.717, 1.165) is 6.54 Å². The Kier molecular flexibility index (Phi) is 3.46. The van der Waals surface area contributed by atoms with Crippen molar-refractivity contribution in [3.63, 3.8) is 0 Å². The van der Waals surface area contributed by atoms with E-state index in [9.17, 15) is 9.18 Å². The number of aromatic nitrogens is 1. The predicted octanol–water partition coefficient (Wildman–Crippen LogP) is 3.21. The van der Waals surface area contributed by atoms with Gasteiger partial charge < -0.3 is 9.88 Å². The zero-order valence-corrected chi connectivity index (χ0v) is 10.4. The standard InChI is InChI=1S/C14H15FN2O/c1-3-17-8-4-5-13(17)14(18)16-11-6-7-12(15)10(2)9-11/h4-9H,3H2,1-2H3,(H,16,18). The van der Waals surface area contributed by atoms with E-state index >= 15 is 0 Å². The minimum absolute atomic E-state index is 0.187. The van der Waals surface area contributed by atoms with Crippen LogP contribution in [0.4, 0.5) is 10.1 Å². The van der Waals surface area contributed by atoms with Crippen LogP contribution in [-0.2, 0) is 6.54 Å². The average Bonchev–Trinajstić information content (AvgIpc) is 2.82. The molecule has 0 saturated heterocycles. The van der Waals surface area contributed by atoms with E-state index in [-0.39, 0.29) is 11.7 Å². The van der Waals surface area contributed by atoms with Crippen molar-refractivity contribution in [3.8, 4) is 0 Å². The lowest BCUT2D eigenvalue weighted by Crippen LogP contribution is -2.16. The van der Waals surface area contributed by atoms with Crippen molar-refractivity contribution in [3.05, 3.63) is 53.6 Å². The van der Waals surface area contributed by atoms with Crippen molar-refractivity contribution < 1.29 is 9.18 Å². The summed E-state index contributed by atoms with van der Waals surface area (Å²) < 4.78 is 15.0. The monoisotopic (exact) mass is 246 g/mol. The molecule has 0 radical (unpaired) electrons. The second-order valence-corrected chi connectivity index (χ2v) is 4.10. The lowest BCUT2D eigenvalue weighted by atomic mass is 10.2. The van der Waals surface area contributed by atoms with Crippen LogP contribution in [0.1, 0.15) is 23.0 Å². The molecule has 0 fully saturated rings. The molecule has 4 heteroatoms. The van der Waals surface area contributed by atoms with Crippen molar-refractivity contribution >= 4 is 11.6 Å². The summed E-state index contributed by atoms with van der Waals surface area (Å²) in [4.78, 5) is 12.0. The molecule has 1 N–H and O–H groups in total. The van der Waals surface area contributed by atoms with E-state index in [1.165, 1.54) is 6.07 Å². The topological polar surface area (TPSA) is 34.0 Å². The number of hydrogen-bond donors (Lipinski definition) is 1. The van der Waals surface area contributed by atoms with Gasteiger partial charge in [-0.15, -0.1) is 0 Å². The van der Waals surface area contributed by atoms with Gasteiger partial charge in [0.25, 0.3) is 5.91 Å². The molecule has 0 unspecified atom stereocenters. The van der Waals surface area contributed by atoms with Crippen LogP contribution < -0.4 is 5.32 Å². The fourth-order valence-corrected chi connectivity index (χ4v) is 1.81. The summed E-state index contributed by atoms with van der Waals surface area (Å²) >= 11 is 0. The first kappa shape index (κ1) is 12.4. The number of rotatable bonds is 3. The Balaban J connectivity index is 2.19. The number of aryl methyl sites for hydroxylation is 2. The van der Waals surface area contributed by atoms with Gasteiger partial charge in [-0.2, -0.15) is 0 Å². The van der Waals surface area contributed by atoms with Crippen LogP contribution in [0.3, 0.4) is 0 Å². The first-order chi connectivity index (χ1) is 8.61. The molecule has 3 nitrogen and oxygen atoms in total. The molecule has 2 rings (SSSR count). The Labute approximate surface area is 105 Å². The van der Waals surface area contributed by atoms with Crippen molar-refractivity contribution in [1.82, 2.24) is 4.57 Å². The number of nitrogens with one attached hydrogen (secondary N) is 1. The molecule has 1 heterocycles. The third kappa shape index (κ3) is 2.42. The molecule has 1 aromatic heterocycles. The highest BCUT2D eigenvalue weighted by molar-refractivity contribution is 6.03. The molecule has 1 aromatic carbocycles. The Bertz CT molecular complexity index is 575. The second-order valence-electron chi connectivity index (χ2n) is 4.10. The summed E-state index contributed by atoms with van der Waals surface area (Å²) in [7, 11) is 0. The van der Waals surface area contributed by atoms with Crippen LogP contribution in [0, 0.1) is 12.7 Å². The van der Waals surface area contributed by atoms with E-state index in [0.29, 0.717) is 16.9 Å². The van der Waals surface area contributed by atoms with Gasteiger partial charge in [-0.3, -0.25) is 4.79 Å². The van der Waals surface area contributed by atoms with E-state index in [1.54, 1.807) is 25.1 Å². The first-order valence-electron chi connectivity index (χ1n) is 5.84. The molecule has 94 valence electrons. The van der Waals surface area contributed by atoms with Crippen molar-refractivity contribution in [2.75, 3.05) is 5.32 Å². The zero-order valence-electron chi connectivity index (χ0n) is 10.4. The maximum absolute atomic E-state index is 13.1. The van der Waals surface area contributed by atoms with E-state index in [1.807, 2.05) is 23.8 Å². The van der Waals surface area contributed by atoms with E-state index < -0.39 is 0 Å². The molecular formula is C14H15FN2O. The fraction of sp³-hybridized carbons (Fsp3) is 0.214. The highest BCUT2D eigenvalue weighted by Crippen LogP contribution is 2.15. The third-order valence-electron chi connectivity index (χ3n) is 2.82. The summed E-state index contributed by atoms with van der Waals surface area (Å²) in [6, 6.07) is 8.11. The summed E-state index contributed by atoms with van der Waals surface area (Å²) in [5.74, 6) is -0.460. The van der Waals surface area contributed by atoms with Gasteiger partial charge in [0.1, 0.15) is 11.5 Å². The molecule has 0 atom stereocenters. The largest absolute Gasteiger partial charge is 0.344 e. The number of hydrogen-bond acceptors (Lipinski definition) is 1. The van der Waals surface area contributed by atoms with Gasteiger partial charge in [0.2, 0.25) is 0 Å². The van der Waals surface area contributed by atoms with Crippen molar-refractivity contribution in [2.45, 2.75) is 20.4 Å². The Morgan fingerprint density at radius 2 is 2.17 bits per heavy atom. The van der Waals surface area contributed by atoms with Gasteiger partial charge in [-0.25, -0.2) is 4.39 Å². The van der Waals surface area contributed by atoms with Crippen molar-refractivity contribution in [1.29, 1.82) is 0 Å². The van der Waals surface area contributed by atoms with Gasteiger partial charge in [0, 0.05) is 18.4 Å². The molecule has 0 aliphatic rings. The van der Waals surface area contributed by atoms with Crippen LogP contribution in [0.5, 0.6) is 0 Å². The number of anilines is 1. The molecule has 0 saturated carbocycles. The SMILES string of the molecule is CCn1cccc1C(=O)Nc1ccc(F)c(C)c1. The molecule has 0 bridgehead atoms. The number of benzene rings is 1. The Morgan fingerprint density at radius 3 is 2.83 bits per heavy atom. The van der Waals surface area contributed by atoms with Gasteiger partial charge in [-0.1, -0.05) is 0 Å². The number of halogens is 1. The second kappa shape index (κ2) is 5.04. The van der Waals surface area contributed by atoms with Crippen molar-refractivity contribution in [2.24, 2.45) is 0 Å². The predicted molar refractivity (Wildman–Crippen MR) is 69.2 cm³/mol. The molecular weight excluding hydrogens is 231 g/mol. The normalized spacial score (nSPS) is 10.4. The fourth-order valence-electron chi connectivity index (χ4n) is 1.81. The zero-order chi connectivity index (χ0) is 13.1. The third-order valence-corrected chi connectivity index (χ3v) is 2.82. The number of nitrogens with zero attached hydrogens (tertiary/aromatic N) is 1. The highest BCUT2D eigenvalue weighted by atomic mass is 19.1. The molecule has 2 aromatic rings. The average molecular weight is 246 g/mol. The van der Waals surface area contributed by atoms with E-state index in [4.69, 9.17) is 0 Å². The van der Waals surface area contributed by atoms with E-state index in [2.05, 4.69) is 5.32 Å². The van der Waals surface area contributed by atoms with Gasteiger partial charge in [-0.05, 0) is 49.7 Å². The molecule has 18 heavy (non-hydrogen) atoms. The Hall–Kier alpha value is -2.10. The van der Waals surface area contributed by atoms with Crippen LogP contribution in [-0.4, -0.2) is 10.5 Å². The van der Waals surface area contributed by atoms with Gasteiger partial charge >= 0.3 is 0 Å². The summed E-state index contributed by atoms with van der Waals surface area (Å²) in [6.45, 7) is 4.37. The molecule has 0 spiro atoms.